The number of nitro benzene ring substituents is 1. The van der Waals surface area contributed by atoms with Gasteiger partial charge in [-0.25, -0.2) is 0 Å². The second-order valence-corrected chi connectivity index (χ2v) is 11.4. The highest BCUT2D eigenvalue weighted by Gasteiger charge is 2.39. The Balaban J connectivity index is 1.19. The topological polar surface area (TPSA) is 85.2 Å². The minimum atomic E-state index is -4.86. The van der Waals surface area contributed by atoms with Crippen LogP contribution >= 0.6 is 0 Å². The van der Waals surface area contributed by atoms with Gasteiger partial charge in [0.05, 0.1) is 17.1 Å². The summed E-state index contributed by atoms with van der Waals surface area (Å²) in [6, 6.07) is 11.3. The molecule has 4 rings (SSSR count). The van der Waals surface area contributed by atoms with E-state index in [0.29, 0.717) is 44.8 Å². The molecular weight excluding hydrogens is 527 g/mol. The lowest BCUT2D eigenvalue weighted by Gasteiger charge is -2.36. The zero-order chi connectivity index (χ0) is 29.1. The van der Waals surface area contributed by atoms with Crippen molar-refractivity contribution in [3.05, 3.63) is 63.7 Å². The lowest BCUT2D eigenvalue weighted by molar-refractivity contribution is -0.388. The van der Waals surface area contributed by atoms with E-state index < -0.39 is 22.4 Å². The van der Waals surface area contributed by atoms with Crippen LogP contribution in [0.5, 0.6) is 5.75 Å². The number of rotatable bonds is 7. The van der Waals surface area contributed by atoms with E-state index in [-0.39, 0.29) is 35.9 Å². The summed E-state index contributed by atoms with van der Waals surface area (Å²) >= 11 is 0. The molecule has 2 aromatic carbocycles. The van der Waals surface area contributed by atoms with Gasteiger partial charge in [0.2, 0.25) is 5.91 Å². The van der Waals surface area contributed by atoms with Crippen LogP contribution in [0.15, 0.2) is 42.5 Å². The van der Waals surface area contributed by atoms with E-state index in [1.54, 1.807) is 0 Å². The quantitative estimate of drug-likeness (QED) is 0.305. The highest BCUT2D eigenvalue weighted by molar-refractivity contribution is 5.77. The van der Waals surface area contributed by atoms with Crippen LogP contribution in [-0.2, 0) is 21.1 Å². The summed E-state index contributed by atoms with van der Waals surface area (Å²) in [7, 11) is 0. The predicted octanol–water partition coefficient (Wildman–Crippen LogP) is 5.97. The van der Waals surface area contributed by atoms with Crippen molar-refractivity contribution in [3.8, 4) is 5.75 Å². The maximum atomic E-state index is 13.2. The number of piperazine rings is 1. The first-order valence-corrected chi connectivity index (χ1v) is 13.6. The molecule has 8 nitrogen and oxygen atoms in total. The number of halogens is 3. The molecule has 218 valence electrons. The molecule has 11 heteroatoms. The zero-order valence-electron chi connectivity index (χ0n) is 23.1. The van der Waals surface area contributed by atoms with Gasteiger partial charge in [-0.3, -0.25) is 14.9 Å². The molecule has 0 atom stereocenters. The first kappa shape index (κ1) is 29.6. The molecule has 1 aliphatic carbocycles. The molecule has 2 aliphatic rings. The first-order chi connectivity index (χ1) is 18.8. The molecule has 2 aromatic rings. The van der Waals surface area contributed by atoms with Gasteiger partial charge in [-0.1, -0.05) is 32.9 Å². The van der Waals surface area contributed by atoms with Crippen molar-refractivity contribution in [3.63, 3.8) is 0 Å². The molecular formula is C29H36F3N3O5. The number of carbonyl (C=O) groups excluding carboxylic acids is 1. The third kappa shape index (κ3) is 7.44. The van der Waals surface area contributed by atoms with Crippen LogP contribution < -0.4 is 9.64 Å². The van der Waals surface area contributed by atoms with Crippen LogP contribution in [0, 0.1) is 10.1 Å². The second-order valence-electron chi connectivity index (χ2n) is 11.4. The third-order valence-electron chi connectivity index (χ3n) is 7.57. The third-order valence-corrected chi connectivity index (χ3v) is 7.57. The molecule has 1 saturated carbocycles. The predicted molar refractivity (Wildman–Crippen MR) is 145 cm³/mol. The lowest BCUT2D eigenvalue weighted by atomic mass is 9.87. The number of hydrogen-bond acceptors (Lipinski definition) is 6. The fraction of sp³-hybridized carbons (Fsp3) is 0.552. The largest absolute Gasteiger partial charge is 0.490 e. The highest BCUT2D eigenvalue weighted by Crippen LogP contribution is 2.39. The summed E-state index contributed by atoms with van der Waals surface area (Å²) in [6.07, 6.45) is -3.01. The van der Waals surface area contributed by atoms with E-state index in [0.717, 1.165) is 24.8 Å². The van der Waals surface area contributed by atoms with Gasteiger partial charge in [-0.15, -0.1) is 0 Å². The minimum Gasteiger partial charge on any atom is -0.490 e. The van der Waals surface area contributed by atoms with E-state index in [1.807, 2.05) is 4.90 Å². The Morgan fingerprint density at radius 1 is 0.950 bits per heavy atom. The van der Waals surface area contributed by atoms with Crippen LogP contribution in [0.25, 0.3) is 0 Å². The number of benzene rings is 2. The summed E-state index contributed by atoms with van der Waals surface area (Å²) in [5.41, 5.74) is 0.204. The van der Waals surface area contributed by atoms with Crippen molar-refractivity contribution in [2.75, 3.05) is 37.7 Å². The van der Waals surface area contributed by atoms with Crippen LogP contribution in [0.2, 0.25) is 0 Å². The molecule has 0 radical (unpaired) electrons. The van der Waals surface area contributed by atoms with E-state index in [9.17, 15) is 28.1 Å². The molecule has 0 spiro atoms. The van der Waals surface area contributed by atoms with Gasteiger partial charge in [0.1, 0.15) is 17.9 Å². The van der Waals surface area contributed by atoms with Gasteiger partial charge in [0.25, 0.3) is 5.69 Å². The number of amides is 1. The van der Waals surface area contributed by atoms with Gasteiger partial charge in [0.15, 0.2) is 0 Å². The number of nitrogens with zero attached hydrogens (tertiary/aromatic N) is 3. The molecule has 0 unspecified atom stereocenters. The van der Waals surface area contributed by atoms with Crippen molar-refractivity contribution in [2.45, 2.75) is 70.3 Å². The Kier molecular flexibility index (Phi) is 8.92. The molecule has 1 aliphatic heterocycles. The van der Waals surface area contributed by atoms with E-state index in [1.165, 1.54) is 11.6 Å². The number of carbonyl (C=O) groups is 1. The summed E-state index contributed by atoms with van der Waals surface area (Å²) < 4.78 is 51.3. The number of hydrogen-bond donors (Lipinski definition) is 0. The number of nitro groups is 1. The smallest absolute Gasteiger partial charge is 0.423 e. The zero-order valence-corrected chi connectivity index (χ0v) is 23.1. The molecule has 40 heavy (non-hydrogen) atoms. The molecule has 2 fully saturated rings. The molecule has 0 bridgehead atoms. The van der Waals surface area contributed by atoms with Crippen molar-refractivity contribution in [1.29, 1.82) is 0 Å². The van der Waals surface area contributed by atoms with E-state index >= 15 is 0 Å². The lowest BCUT2D eigenvalue weighted by Crippen LogP contribution is -2.50. The fourth-order valence-electron chi connectivity index (χ4n) is 5.15. The van der Waals surface area contributed by atoms with Gasteiger partial charge in [-0.05, 0) is 60.9 Å². The Morgan fingerprint density at radius 3 is 2.10 bits per heavy atom. The van der Waals surface area contributed by atoms with Crippen LogP contribution in [0.1, 0.15) is 57.6 Å². The van der Waals surface area contributed by atoms with Gasteiger partial charge in [-0.2, -0.15) is 13.2 Å². The Hall–Kier alpha value is -3.34. The van der Waals surface area contributed by atoms with Crippen molar-refractivity contribution in [2.24, 2.45) is 0 Å². The average molecular weight is 564 g/mol. The standard InChI is InChI=1S/C29H36F3N3O5/c1-28(2,3)20-4-6-21(7-5-20)33-14-16-34(17-15-33)27(36)19-39-22-8-10-23(11-9-22)40-24-12-13-26(35(37)38)25(18-24)29(30,31)32/h4-7,12-13,18,22-23H,8-11,14-17,19H2,1-3H3. The first-order valence-electron chi connectivity index (χ1n) is 13.6. The maximum Gasteiger partial charge on any atom is 0.423 e. The van der Waals surface area contributed by atoms with Gasteiger partial charge >= 0.3 is 6.18 Å². The molecule has 1 saturated heterocycles. The van der Waals surface area contributed by atoms with Crippen molar-refractivity contribution < 1.29 is 32.4 Å². The normalized spacial score (nSPS) is 20.4. The monoisotopic (exact) mass is 563 g/mol. The SMILES string of the molecule is CC(C)(C)c1ccc(N2CCN(C(=O)COC3CCC(Oc4ccc([N+](=O)[O-])c(C(F)(F)F)c4)CC3)CC2)cc1. The maximum absolute atomic E-state index is 13.2. The summed E-state index contributed by atoms with van der Waals surface area (Å²) in [5, 5.41) is 10.9. The van der Waals surface area contributed by atoms with E-state index in [2.05, 4.69) is 49.9 Å². The van der Waals surface area contributed by atoms with Crippen LogP contribution in [-0.4, -0.2) is 60.7 Å². The Morgan fingerprint density at radius 2 is 1.55 bits per heavy atom. The molecule has 1 amide bonds. The highest BCUT2D eigenvalue weighted by atomic mass is 19.4. The van der Waals surface area contributed by atoms with Crippen molar-refractivity contribution >= 4 is 17.3 Å². The molecule has 0 N–H and O–H groups in total. The van der Waals surface area contributed by atoms with Gasteiger partial charge in [0, 0.05) is 37.9 Å². The van der Waals surface area contributed by atoms with Gasteiger partial charge < -0.3 is 19.3 Å². The summed E-state index contributed by atoms with van der Waals surface area (Å²) in [6.45, 7) is 9.30. The number of ether oxygens (including phenoxy) is 2. The average Bonchev–Trinajstić information content (AvgIpc) is 2.91. The Bertz CT molecular complexity index is 1180. The van der Waals surface area contributed by atoms with Crippen LogP contribution in [0.3, 0.4) is 0 Å². The Labute approximate surface area is 232 Å². The number of alkyl halides is 3. The molecule has 0 aromatic heterocycles. The fourth-order valence-corrected chi connectivity index (χ4v) is 5.15. The van der Waals surface area contributed by atoms with Crippen LogP contribution in [0.4, 0.5) is 24.5 Å². The minimum absolute atomic E-state index is 0.00619. The van der Waals surface area contributed by atoms with E-state index in [4.69, 9.17) is 9.47 Å². The summed E-state index contributed by atoms with van der Waals surface area (Å²) in [5.74, 6) is -0.103. The summed E-state index contributed by atoms with van der Waals surface area (Å²) in [4.78, 5) is 26.7. The second kappa shape index (κ2) is 12.0. The molecule has 1 heterocycles. The van der Waals surface area contributed by atoms with Crippen molar-refractivity contribution in [1.82, 2.24) is 4.90 Å². The number of anilines is 1.